The summed E-state index contributed by atoms with van der Waals surface area (Å²) in [6.07, 6.45) is 0.993. The molecule has 9 aromatic carbocycles. The Balaban J connectivity index is 0.984. The predicted octanol–water partition coefficient (Wildman–Crippen LogP) is 14.1. The van der Waals surface area contributed by atoms with Gasteiger partial charge in [-0.05, 0) is 142 Å². The largest absolute Gasteiger partial charge is 0.0622 e. The van der Waals surface area contributed by atoms with Crippen molar-refractivity contribution in [3.8, 4) is 55.6 Å². The van der Waals surface area contributed by atoms with E-state index in [4.69, 9.17) is 0 Å². The SMILES string of the molecule is c1ccc(-c2ccc(C3c4ccc(-c5ccc6c(c5)-c5ccccc5C6c5ccc6ccccc6c5)cc4-c4cc5c(cc43)-c3ccccc3C5)cc2)cc1. The molecule has 55 heavy (non-hydrogen) atoms. The van der Waals surface area contributed by atoms with Crippen LogP contribution in [0.5, 0.6) is 0 Å². The number of hydrogen-bond acceptors (Lipinski definition) is 0. The van der Waals surface area contributed by atoms with Crippen LogP contribution in [0.4, 0.5) is 0 Å². The minimum atomic E-state index is 0.177. The van der Waals surface area contributed by atoms with Crippen LogP contribution >= 0.6 is 0 Å². The average Bonchev–Trinajstić information content (AvgIpc) is 3.89. The van der Waals surface area contributed by atoms with Crippen LogP contribution in [-0.4, -0.2) is 0 Å². The fourth-order valence-electron chi connectivity index (χ4n) is 10.0. The second-order valence-electron chi connectivity index (χ2n) is 15.6. The van der Waals surface area contributed by atoms with Gasteiger partial charge in [0.15, 0.2) is 0 Å². The third-order valence-corrected chi connectivity index (χ3v) is 12.6. The van der Waals surface area contributed by atoms with Crippen LogP contribution in [0.2, 0.25) is 0 Å². The molecule has 0 radical (unpaired) electrons. The molecule has 256 valence electrons. The molecular weight excluding hydrogens is 661 g/mol. The maximum Gasteiger partial charge on any atom is 0.0352 e. The summed E-state index contributed by atoms with van der Waals surface area (Å²) in [7, 11) is 0. The summed E-state index contributed by atoms with van der Waals surface area (Å²) in [5.74, 6) is 0.397. The highest BCUT2D eigenvalue weighted by molar-refractivity contribution is 5.91. The smallest absolute Gasteiger partial charge is 0.0352 e. The lowest BCUT2D eigenvalue weighted by molar-refractivity contribution is 1.01. The van der Waals surface area contributed by atoms with Gasteiger partial charge >= 0.3 is 0 Å². The molecule has 0 bridgehead atoms. The molecule has 2 atom stereocenters. The van der Waals surface area contributed by atoms with Gasteiger partial charge < -0.3 is 0 Å². The van der Waals surface area contributed by atoms with Crippen molar-refractivity contribution in [2.45, 2.75) is 18.3 Å². The third kappa shape index (κ3) is 4.71. The zero-order valence-electron chi connectivity index (χ0n) is 30.3. The fraction of sp³-hybridized carbons (Fsp3) is 0.0545. The first kappa shape index (κ1) is 30.7. The highest BCUT2D eigenvalue weighted by Crippen LogP contribution is 2.54. The summed E-state index contributed by atoms with van der Waals surface area (Å²) in [6.45, 7) is 0. The van der Waals surface area contributed by atoms with E-state index >= 15 is 0 Å². The number of benzene rings is 9. The Bertz CT molecular complexity index is 3000. The highest BCUT2D eigenvalue weighted by Gasteiger charge is 2.34. The summed E-state index contributed by atoms with van der Waals surface area (Å²) in [4.78, 5) is 0. The van der Waals surface area contributed by atoms with E-state index in [9.17, 15) is 0 Å². The average molecular weight is 697 g/mol. The first-order valence-electron chi connectivity index (χ1n) is 19.5. The molecule has 2 unspecified atom stereocenters. The molecule has 0 saturated heterocycles. The first-order valence-corrected chi connectivity index (χ1v) is 19.5. The van der Waals surface area contributed by atoms with Crippen LogP contribution in [0, 0.1) is 0 Å². The zero-order chi connectivity index (χ0) is 36.0. The molecule has 12 rings (SSSR count). The van der Waals surface area contributed by atoms with Crippen LogP contribution in [0.3, 0.4) is 0 Å². The van der Waals surface area contributed by atoms with Gasteiger partial charge in [0.25, 0.3) is 0 Å². The molecule has 0 aromatic heterocycles. The second-order valence-corrected chi connectivity index (χ2v) is 15.6. The monoisotopic (exact) mass is 696 g/mol. The van der Waals surface area contributed by atoms with Crippen LogP contribution in [0.25, 0.3) is 66.4 Å². The Morgan fingerprint density at radius 1 is 0.273 bits per heavy atom. The van der Waals surface area contributed by atoms with E-state index in [-0.39, 0.29) is 11.8 Å². The quantitative estimate of drug-likeness (QED) is 0.172. The molecule has 9 aromatic rings. The van der Waals surface area contributed by atoms with E-state index < -0.39 is 0 Å². The molecule has 0 nitrogen and oxygen atoms in total. The predicted molar refractivity (Wildman–Crippen MR) is 229 cm³/mol. The van der Waals surface area contributed by atoms with E-state index in [2.05, 4.69) is 194 Å². The molecule has 0 saturated carbocycles. The molecule has 0 heteroatoms. The lowest BCUT2D eigenvalue weighted by atomic mass is 9.86. The van der Waals surface area contributed by atoms with E-state index in [0.717, 1.165) is 6.42 Å². The van der Waals surface area contributed by atoms with Crippen molar-refractivity contribution >= 4 is 10.8 Å². The topological polar surface area (TPSA) is 0 Å². The molecule has 0 N–H and O–H groups in total. The van der Waals surface area contributed by atoms with Crippen LogP contribution in [0.15, 0.2) is 194 Å². The van der Waals surface area contributed by atoms with Gasteiger partial charge in [-0.15, -0.1) is 0 Å². The van der Waals surface area contributed by atoms with Gasteiger partial charge in [-0.25, -0.2) is 0 Å². The Labute approximate surface area is 322 Å². The second kappa shape index (κ2) is 11.9. The zero-order valence-corrected chi connectivity index (χ0v) is 30.3. The molecule has 0 amide bonds. The Hall–Kier alpha value is -6.76. The van der Waals surface area contributed by atoms with Gasteiger partial charge in [0, 0.05) is 11.8 Å². The third-order valence-electron chi connectivity index (χ3n) is 12.6. The lowest BCUT2D eigenvalue weighted by Gasteiger charge is -2.17. The molecule has 0 aliphatic heterocycles. The van der Waals surface area contributed by atoms with Gasteiger partial charge in [0.05, 0.1) is 0 Å². The standard InChI is InChI=1S/C55H36/c1-2-10-34(11-3-1)36-18-21-37(22-19-36)54-48-27-25-40(31-51(48)52-32-43-29-41-14-6-7-15-44(41)49(43)33-53(52)54)39-24-26-47-50(30-39)45-16-8-9-17-46(45)55(47)42-23-20-35-12-4-5-13-38(35)28-42/h1-28,30-33,54-55H,29H2. The maximum absolute atomic E-state index is 2.52. The molecule has 3 aliphatic rings. The van der Waals surface area contributed by atoms with Crippen molar-refractivity contribution in [2.75, 3.05) is 0 Å². The molecule has 3 aliphatic carbocycles. The van der Waals surface area contributed by atoms with Gasteiger partial charge in [0.2, 0.25) is 0 Å². The lowest BCUT2D eigenvalue weighted by Crippen LogP contribution is -2.00. The van der Waals surface area contributed by atoms with Crippen molar-refractivity contribution < 1.29 is 0 Å². The van der Waals surface area contributed by atoms with Gasteiger partial charge in [-0.1, -0.05) is 170 Å². The van der Waals surface area contributed by atoms with E-state index in [1.54, 1.807) is 0 Å². The summed E-state index contributed by atoms with van der Waals surface area (Å²) in [6, 6.07) is 73.1. The highest BCUT2D eigenvalue weighted by atomic mass is 14.4. The summed E-state index contributed by atoms with van der Waals surface area (Å²) in [5.41, 5.74) is 24.4. The van der Waals surface area contributed by atoms with Gasteiger partial charge in [-0.2, -0.15) is 0 Å². The van der Waals surface area contributed by atoms with Gasteiger partial charge in [-0.3, -0.25) is 0 Å². The Kier molecular flexibility index (Phi) is 6.62. The number of hydrogen-bond donors (Lipinski definition) is 0. The molecular formula is C55H36. The van der Waals surface area contributed by atoms with Crippen molar-refractivity contribution in [1.82, 2.24) is 0 Å². The number of fused-ring (bicyclic) bond motifs is 10. The van der Waals surface area contributed by atoms with Crippen LogP contribution in [-0.2, 0) is 6.42 Å². The van der Waals surface area contributed by atoms with E-state index in [0.29, 0.717) is 0 Å². The summed E-state index contributed by atoms with van der Waals surface area (Å²) in [5, 5.41) is 2.58. The fourth-order valence-corrected chi connectivity index (χ4v) is 10.0. The van der Waals surface area contributed by atoms with Crippen molar-refractivity contribution in [3.63, 3.8) is 0 Å². The van der Waals surface area contributed by atoms with Crippen molar-refractivity contribution in [2.24, 2.45) is 0 Å². The van der Waals surface area contributed by atoms with Crippen molar-refractivity contribution in [3.05, 3.63) is 239 Å². The van der Waals surface area contributed by atoms with Crippen molar-refractivity contribution in [1.29, 1.82) is 0 Å². The molecule has 0 spiro atoms. The first-order chi connectivity index (χ1) is 27.2. The summed E-state index contributed by atoms with van der Waals surface area (Å²) < 4.78 is 0. The molecule has 0 fully saturated rings. The van der Waals surface area contributed by atoms with E-state index in [1.807, 2.05) is 0 Å². The Morgan fingerprint density at radius 3 is 1.64 bits per heavy atom. The van der Waals surface area contributed by atoms with Gasteiger partial charge in [0.1, 0.15) is 0 Å². The van der Waals surface area contributed by atoms with Crippen LogP contribution in [0.1, 0.15) is 56.3 Å². The minimum Gasteiger partial charge on any atom is -0.0622 e. The van der Waals surface area contributed by atoms with E-state index in [1.165, 1.54) is 111 Å². The normalized spacial score (nSPS) is 15.6. The summed E-state index contributed by atoms with van der Waals surface area (Å²) >= 11 is 0. The van der Waals surface area contributed by atoms with Crippen LogP contribution < -0.4 is 0 Å². The number of rotatable bonds is 4. The Morgan fingerprint density at radius 2 is 0.836 bits per heavy atom. The maximum atomic E-state index is 2.52. The minimum absolute atomic E-state index is 0.177. The molecule has 0 heterocycles.